The highest BCUT2D eigenvalue weighted by Gasteiger charge is 2.22. The molecular weight excluding hydrogens is 230 g/mol. The maximum atomic E-state index is 12.0. The van der Waals surface area contributed by atoms with Crippen molar-refractivity contribution in [3.8, 4) is 5.75 Å². The van der Waals surface area contributed by atoms with Crippen molar-refractivity contribution < 1.29 is 14.6 Å². The molecule has 1 amide bonds. The molecule has 1 aromatic rings. The average Bonchev–Trinajstić information content (AvgIpc) is 2.39. The molecule has 1 atom stereocenters. The molecule has 18 heavy (non-hydrogen) atoms. The molecule has 2 rings (SSSR count). The highest BCUT2D eigenvalue weighted by Crippen LogP contribution is 2.19. The maximum Gasteiger partial charge on any atom is 0.251 e. The number of ether oxygens (including phenoxy) is 1. The fourth-order valence-corrected chi connectivity index (χ4v) is 2.27. The van der Waals surface area contributed by atoms with E-state index in [1.165, 1.54) is 6.07 Å². The molecule has 1 aliphatic rings. The van der Waals surface area contributed by atoms with Crippen molar-refractivity contribution in [1.82, 2.24) is 5.32 Å². The van der Waals surface area contributed by atoms with Crippen LogP contribution >= 0.6 is 0 Å². The first-order valence-corrected chi connectivity index (χ1v) is 6.34. The molecular formula is C14H19NO3. The van der Waals surface area contributed by atoms with Crippen LogP contribution in [0.5, 0.6) is 5.75 Å². The lowest BCUT2D eigenvalue weighted by Crippen LogP contribution is -2.40. The predicted octanol–water partition coefficient (Wildman–Crippen LogP) is 1.94. The monoisotopic (exact) mass is 249 g/mol. The third kappa shape index (κ3) is 3.23. The predicted molar refractivity (Wildman–Crippen MR) is 68.6 cm³/mol. The van der Waals surface area contributed by atoms with Crippen LogP contribution in [0.2, 0.25) is 0 Å². The van der Waals surface area contributed by atoms with E-state index in [9.17, 15) is 9.90 Å². The van der Waals surface area contributed by atoms with Crippen molar-refractivity contribution in [2.24, 2.45) is 5.92 Å². The summed E-state index contributed by atoms with van der Waals surface area (Å²) in [5.41, 5.74) is 0.494. The molecule has 98 valence electrons. The number of hydrogen-bond donors (Lipinski definition) is 2. The average molecular weight is 249 g/mol. The van der Waals surface area contributed by atoms with Crippen LogP contribution in [0, 0.1) is 5.92 Å². The molecule has 1 heterocycles. The molecule has 4 nitrogen and oxygen atoms in total. The van der Waals surface area contributed by atoms with Crippen LogP contribution in [0.4, 0.5) is 0 Å². The molecule has 1 aromatic carbocycles. The molecule has 1 aliphatic heterocycles. The van der Waals surface area contributed by atoms with E-state index in [0.717, 1.165) is 26.1 Å². The minimum Gasteiger partial charge on any atom is -0.508 e. The van der Waals surface area contributed by atoms with E-state index in [1.807, 2.05) is 6.92 Å². The molecule has 1 saturated heterocycles. The summed E-state index contributed by atoms with van der Waals surface area (Å²) >= 11 is 0. The van der Waals surface area contributed by atoms with Crippen molar-refractivity contribution in [3.63, 3.8) is 0 Å². The number of hydrogen-bond acceptors (Lipinski definition) is 3. The van der Waals surface area contributed by atoms with Gasteiger partial charge in [0.25, 0.3) is 5.91 Å². The fraction of sp³-hybridized carbons (Fsp3) is 0.500. The molecule has 0 aromatic heterocycles. The zero-order valence-electron chi connectivity index (χ0n) is 10.6. The van der Waals surface area contributed by atoms with Crippen LogP contribution in [0.1, 0.15) is 30.1 Å². The van der Waals surface area contributed by atoms with Crippen LogP contribution in [0.25, 0.3) is 0 Å². The van der Waals surface area contributed by atoms with Crippen molar-refractivity contribution in [3.05, 3.63) is 29.8 Å². The van der Waals surface area contributed by atoms with E-state index >= 15 is 0 Å². The number of aromatic hydroxyl groups is 1. The smallest absolute Gasteiger partial charge is 0.251 e. The summed E-state index contributed by atoms with van der Waals surface area (Å²) in [6, 6.07) is 6.53. The zero-order chi connectivity index (χ0) is 13.0. The maximum absolute atomic E-state index is 12.0. The van der Waals surface area contributed by atoms with Crippen molar-refractivity contribution in [2.45, 2.75) is 25.8 Å². The fourth-order valence-electron chi connectivity index (χ4n) is 2.27. The molecule has 0 bridgehead atoms. The van der Waals surface area contributed by atoms with E-state index in [0.29, 0.717) is 11.5 Å². The van der Waals surface area contributed by atoms with Gasteiger partial charge in [0.05, 0.1) is 0 Å². The summed E-state index contributed by atoms with van der Waals surface area (Å²) in [5.74, 6) is 0.450. The topological polar surface area (TPSA) is 58.6 Å². The van der Waals surface area contributed by atoms with Crippen molar-refractivity contribution in [1.29, 1.82) is 0 Å². The third-order valence-electron chi connectivity index (χ3n) is 3.44. The van der Waals surface area contributed by atoms with Gasteiger partial charge < -0.3 is 15.2 Å². The summed E-state index contributed by atoms with van der Waals surface area (Å²) in [7, 11) is 0. The summed E-state index contributed by atoms with van der Waals surface area (Å²) in [4.78, 5) is 12.0. The van der Waals surface area contributed by atoms with Crippen LogP contribution in [-0.4, -0.2) is 30.3 Å². The first kappa shape index (κ1) is 12.9. The Bertz CT molecular complexity index is 413. The normalized spacial score (nSPS) is 18.3. The summed E-state index contributed by atoms with van der Waals surface area (Å²) in [5, 5.41) is 12.3. The Hall–Kier alpha value is -1.55. The molecule has 4 heteroatoms. The molecule has 0 aliphatic carbocycles. The first-order valence-electron chi connectivity index (χ1n) is 6.34. The zero-order valence-corrected chi connectivity index (χ0v) is 10.6. The van der Waals surface area contributed by atoms with Gasteiger partial charge in [0.2, 0.25) is 0 Å². The highest BCUT2D eigenvalue weighted by atomic mass is 16.5. The molecule has 0 spiro atoms. The van der Waals surface area contributed by atoms with E-state index < -0.39 is 0 Å². The first-order chi connectivity index (χ1) is 8.66. The van der Waals surface area contributed by atoms with Gasteiger partial charge in [-0.2, -0.15) is 0 Å². The minimum absolute atomic E-state index is 0.112. The Kier molecular flexibility index (Phi) is 4.20. The highest BCUT2D eigenvalue weighted by molar-refractivity contribution is 5.94. The van der Waals surface area contributed by atoms with Crippen LogP contribution < -0.4 is 5.32 Å². The Morgan fingerprint density at radius 3 is 2.83 bits per heavy atom. The van der Waals surface area contributed by atoms with Crippen LogP contribution in [0.3, 0.4) is 0 Å². The van der Waals surface area contributed by atoms with Gasteiger partial charge >= 0.3 is 0 Å². The molecule has 0 saturated carbocycles. The van der Waals surface area contributed by atoms with Gasteiger partial charge in [0, 0.05) is 24.8 Å². The Morgan fingerprint density at radius 1 is 1.44 bits per heavy atom. The molecule has 2 N–H and O–H groups in total. The van der Waals surface area contributed by atoms with Crippen molar-refractivity contribution >= 4 is 5.91 Å². The van der Waals surface area contributed by atoms with E-state index in [2.05, 4.69) is 5.32 Å². The largest absolute Gasteiger partial charge is 0.508 e. The van der Waals surface area contributed by atoms with Crippen LogP contribution in [0.15, 0.2) is 24.3 Å². The van der Waals surface area contributed by atoms with Gasteiger partial charge in [-0.05, 0) is 43.9 Å². The number of phenolic OH excluding ortho intramolecular Hbond substituents is 1. The van der Waals surface area contributed by atoms with Crippen molar-refractivity contribution in [2.75, 3.05) is 13.2 Å². The standard InChI is InChI=1S/C14H19NO3/c1-10(11-5-7-18-8-6-11)15-14(17)12-3-2-4-13(16)9-12/h2-4,9-11,16H,5-8H2,1H3,(H,15,17). The summed E-state index contributed by atoms with van der Waals surface area (Å²) in [6.07, 6.45) is 1.98. The summed E-state index contributed by atoms with van der Waals surface area (Å²) in [6.45, 7) is 3.57. The Morgan fingerprint density at radius 2 is 2.17 bits per heavy atom. The van der Waals surface area contributed by atoms with Gasteiger partial charge in [0.1, 0.15) is 5.75 Å². The molecule has 1 fully saturated rings. The SMILES string of the molecule is CC(NC(=O)c1cccc(O)c1)C1CCOCC1. The second-order valence-electron chi connectivity index (χ2n) is 4.76. The molecule has 1 unspecified atom stereocenters. The van der Waals surface area contributed by atoms with E-state index in [-0.39, 0.29) is 17.7 Å². The number of nitrogens with one attached hydrogen (secondary N) is 1. The lowest BCUT2D eigenvalue weighted by Gasteiger charge is -2.28. The lowest BCUT2D eigenvalue weighted by atomic mass is 9.93. The number of rotatable bonds is 3. The van der Waals surface area contributed by atoms with Gasteiger partial charge in [-0.3, -0.25) is 4.79 Å². The number of phenols is 1. The van der Waals surface area contributed by atoms with Gasteiger partial charge in [-0.25, -0.2) is 0 Å². The number of carbonyl (C=O) groups is 1. The second kappa shape index (κ2) is 5.87. The number of carbonyl (C=O) groups excluding carboxylic acids is 1. The van der Waals surface area contributed by atoms with Gasteiger partial charge in [-0.1, -0.05) is 6.07 Å². The number of amides is 1. The number of benzene rings is 1. The lowest BCUT2D eigenvalue weighted by molar-refractivity contribution is 0.0538. The van der Waals surface area contributed by atoms with Crippen LogP contribution in [-0.2, 0) is 4.74 Å². The minimum atomic E-state index is -0.134. The Labute approximate surface area is 107 Å². The molecule has 0 radical (unpaired) electrons. The van der Waals surface area contributed by atoms with E-state index in [1.54, 1.807) is 18.2 Å². The van der Waals surface area contributed by atoms with Gasteiger partial charge in [0.15, 0.2) is 0 Å². The van der Waals surface area contributed by atoms with Gasteiger partial charge in [-0.15, -0.1) is 0 Å². The Balaban J connectivity index is 1.94. The second-order valence-corrected chi connectivity index (χ2v) is 4.76. The summed E-state index contributed by atoms with van der Waals surface area (Å²) < 4.78 is 5.31. The van der Waals surface area contributed by atoms with E-state index in [4.69, 9.17) is 4.74 Å². The third-order valence-corrected chi connectivity index (χ3v) is 3.44. The quantitative estimate of drug-likeness (QED) is 0.860.